The third-order valence-electron chi connectivity index (χ3n) is 2.73. The first-order valence-corrected chi connectivity index (χ1v) is 5.76. The molecule has 0 amide bonds. The van der Waals surface area contributed by atoms with E-state index in [1.54, 1.807) is 19.2 Å². The van der Waals surface area contributed by atoms with Crippen molar-refractivity contribution in [2.24, 2.45) is 0 Å². The van der Waals surface area contributed by atoms with E-state index in [0.29, 0.717) is 25.4 Å². The molecule has 1 aromatic rings. The molecule has 0 radical (unpaired) electrons. The van der Waals surface area contributed by atoms with Crippen LogP contribution in [0, 0.1) is 5.82 Å². The smallest absolute Gasteiger partial charge is 0.169 e. The largest absolute Gasteiger partial charge is 0.487 e. The lowest BCUT2D eigenvalue weighted by Gasteiger charge is -2.34. The van der Waals surface area contributed by atoms with Gasteiger partial charge in [0.05, 0.1) is 13.2 Å². The zero-order valence-electron chi connectivity index (χ0n) is 10.1. The number of ketones is 1. The van der Waals surface area contributed by atoms with Crippen LogP contribution in [0.5, 0.6) is 5.75 Å². The molecule has 1 fully saturated rings. The van der Waals surface area contributed by atoms with Crippen molar-refractivity contribution >= 4 is 5.78 Å². The van der Waals surface area contributed by atoms with Crippen molar-refractivity contribution in [3.05, 3.63) is 30.1 Å². The fourth-order valence-electron chi connectivity index (χ4n) is 1.75. The van der Waals surface area contributed by atoms with Gasteiger partial charge in [0, 0.05) is 19.6 Å². The van der Waals surface area contributed by atoms with Crippen LogP contribution in [0.3, 0.4) is 0 Å². The maximum absolute atomic E-state index is 13.0. The number of hydrogen-bond acceptors (Lipinski definition) is 4. The molecule has 98 valence electrons. The van der Waals surface area contributed by atoms with Crippen LogP contribution in [-0.2, 0) is 14.3 Å². The zero-order chi connectivity index (χ0) is 13.0. The summed E-state index contributed by atoms with van der Waals surface area (Å²) in [7, 11) is 1.56. The number of ether oxygens (including phenoxy) is 3. The molecule has 0 bridgehead atoms. The van der Waals surface area contributed by atoms with E-state index < -0.39 is 6.10 Å². The number of methoxy groups -OCH3 is 1. The summed E-state index contributed by atoms with van der Waals surface area (Å²) < 4.78 is 28.7. The van der Waals surface area contributed by atoms with Crippen molar-refractivity contribution in [1.29, 1.82) is 0 Å². The van der Waals surface area contributed by atoms with Gasteiger partial charge < -0.3 is 14.2 Å². The fraction of sp³-hybridized carbons (Fsp3) is 0.462. The Labute approximate surface area is 105 Å². The Bertz CT molecular complexity index is 421. The molecule has 0 saturated heterocycles. The highest BCUT2D eigenvalue weighted by Crippen LogP contribution is 2.25. The van der Waals surface area contributed by atoms with Gasteiger partial charge >= 0.3 is 0 Å². The minimum atomic E-state index is -0.566. The average molecular weight is 254 g/mol. The van der Waals surface area contributed by atoms with Crippen LogP contribution in [0.25, 0.3) is 0 Å². The fourth-order valence-corrected chi connectivity index (χ4v) is 1.75. The van der Waals surface area contributed by atoms with Crippen LogP contribution < -0.4 is 4.74 Å². The summed E-state index contributed by atoms with van der Waals surface area (Å²) in [5.74, 6) is 0.0512. The molecule has 0 aliphatic heterocycles. The Balaban J connectivity index is 1.87. The average Bonchev–Trinajstić information content (AvgIpc) is 2.34. The topological polar surface area (TPSA) is 44.8 Å². The molecule has 2 rings (SSSR count). The first-order chi connectivity index (χ1) is 8.70. The number of Topliss-reactive ketones (excluding diaryl/α,β-unsaturated/α-hetero) is 1. The maximum atomic E-state index is 13.0. The van der Waals surface area contributed by atoms with Gasteiger partial charge in [0.1, 0.15) is 17.7 Å². The van der Waals surface area contributed by atoms with Gasteiger partial charge in [-0.2, -0.15) is 0 Å². The van der Waals surface area contributed by atoms with E-state index in [4.69, 9.17) is 14.2 Å². The molecule has 4 nitrogen and oxygen atoms in total. The van der Waals surface area contributed by atoms with Gasteiger partial charge in [-0.15, -0.1) is 0 Å². The van der Waals surface area contributed by atoms with Gasteiger partial charge in [-0.1, -0.05) is 6.07 Å². The van der Waals surface area contributed by atoms with E-state index in [1.807, 2.05) is 0 Å². The van der Waals surface area contributed by atoms with E-state index in [0.717, 1.165) is 0 Å². The van der Waals surface area contributed by atoms with Crippen molar-refractivity contribution in [3.8, 4) is 5.75 Å². The number of rotatable bonds is 6. The predicted octanol–water partition coefficient (Wildman–Crippen LogP) is 1.58. The predicted molar refractivity (Wildman–Crippen MR) is 62.1 cm³/mol. The molecule has 2 unspecified atom stereocenters. The molecule has 0 spiro atoms. The highest BCUT2D eigenvalue weighted by atomic mass is 19.1. The SMILES string of the molecule is COCCOC1C(=O)CC1Oc1cccc(F)c1. The Morgan fingerprint density at radius 2 is 2.22 bits per heavy atom. The van der Waals surface area contributed by atoms with Gasteiger partial charge in [-0.3, -0.25) is 4.79 Å². The Morgan fingerprint density at radius 1 is 1.39 bits per heavy atom. The third kappa shape index (κ3) is 3.05. The molecule has 1 saturated carbocycles. The molecule has 1 aliphatic carbocycles. The van der Waals surface area contributed by atoms with Crippen molar-refractivity contribution in [2.75, 3.05) is 20.3 Å². The standard InChI is InChI=1S/C13H15FO4/c1-16-5-6-17-13-11(15)8-12(13)18-10-4-2-3-9(14)7-10/h2-4,7,12-13H,5-6,8H2,1H3. The van der Waals surface area contributed by atoms with E-state index >= 15 is 0 Å². The summed E-state index contributed by atoms with van der Waals surface area (Å²) in [4.78, 5) is 11.4. The van der Waals surface area contributed by atoms with Crippen LogP contribution in [0.1, 0.15) is 6.42 Å². The van der Waals surface area contributed by atoms with Crippen LogP contribution >= 0.6 is 0 Å². The van der Waals surface area contributed by atoms with Crippen molar-refractivity contribution in [1.82, 2.24) is 0 Å². The number of hydrogen-bond donors (Lipinski definition) is 0. The molecule has 0 N–H and O–H groups in total. The minimum Gasteiger partial charge on any atom is -0.487 e. The highest BCUT2D eigenvalue weighted by molar-refractivity contribution is 5.90. The monoisotopic (exact) mass is 254 g/mol. The summed E-state index contributed by atoms with van der Waals surface area (Å²) in [6.07, 6.45) is -0.603. The molecule has 0 aromatic heterocycles. The summed E-state index contributed by atoms with van der Waals surface area (Å²) >= 11 is 0. The summed E-state index contributed by atoms with van der Waals surface area (Å²) in [6.45, 7) is 0.770. The molecular formula is C13H15FO4. The Morgan fingerprint density at radius 3 is 2.89 bits per heavy atom. The molecule has 1 aliphatic rings. The molecule has 1 aromatic carbocycles. The summed E-state index contributed by atoms with van der Waals surface area (Å²) in [6, 6.07) is 5.84. The van der Waals surface area contributed by atoms with Crippen molar-refractivity contribution < 1.29 is 23.4 Å². The quantitative estimate of drug-likeness (QED) is 0.723. The van der Waals surface area contributed by atoms with Crippen LogP contribution in [-0.4, -0.2) is 38.3 Å². The molecule has 5 heteroatoms. The lowest BCUT2D eigenvalue weighted by atomic mass is 9.90. The van der Waals surface area contributed by atoms with E-state index in [2.05, 4.69) is 0 Å². The van der Waals surface area contributed by atoms with Gasteiger partial charge in [0.25, 0.3) is 0 Å². The lowest BCUT2D eigenvalue weighted by molar-refractivity contribution is -0.156. The van der Waals surface area contributed by atoms with Gasteiger partial charge in [-0.05, 0) is 12.1 Å². The molecule has 18 heavy (non-hydrogen) atoms. The van der Waals surface area contributed by atoms with Crippen LogP contribution in [0.2, 0.25) is 0 Å². The van der Waals surface area contributed by atoms with Gasteiger partial charge in [0.2, 0.25) is 0 Å². The van der Waals surface area contributed by atoms with E-state index in [9.17, 15) is 9.18 Å². The second kappa shape index (κ2) is 5.93. The Hall–Kier alpha value is -1.46. The van der Waals surface area contributed by atoms with Crippen molar-refractivity contribution in [3.63, 3.8) is 0 Å². The molecule has 0 heterocycles. The number of carbonyl (C=O) groups is 1. The third-order valence-corrected chi connectivity index (χ3v) is 2.73. The number of halogens is 1. The van der Waals surface area contributed by atoms with E-state index in [1.165, 1.54) is 12.1 Å². The normalized spacial score (nSPS) is 22.7. The molecular weight excluding hydrogens is 239 g/mol. The zero-order valence-corrected chi connectivity index (χ0v) is 10.1. The first kappa shape index (κ1) is 13.0. The lowest BCUT2D eigenvalue weighted by Crippen LogP contribution is -2.52. The summed E-state index contributed by atoms with van der Waals surface area (Å²) in [5.41, 5.74) is 0. The number of benzene rings is 1. The van der Waals surface area contributed by atoms with E-state index in [-0.39, 0.29) is 17.7 Å². The minimum absolute atomic E-state index is 0.00695. The van der Waals surface area contributed by atoms with Gasteiger partial charge in [-0.25, -0.2) is 4.39 Å². The highest BCUT2D eigenvalue weighted by Gasteiger charge is 2.42. The van der Waals surface area contributed by atoms with Gasteiger partial charge in [0.15, 0.2) is 11.9 Å². The molecule has 2 atom stereocenters. The van der Waals surface area contributed by atoms with Crippen LogP contribution in [0.4, 0.5) is 4.39 Å². The second-order valence-corrected chi connectivity index (χ2v) is 4.07. The Kier molecular flexibility index (Phi) is 4.28. The first-order valence-electron chi connectivity index (χ1n) is 5.76. The number of carbonyl (C=O) groups excluding carboxylic acids is 1. The van der Waals surface area contributed by atoms with Crippen LogP contribution in [0.15, 0.2) is 24.3 Å². The summed E-state index contributed by atoms with van der Waals surface area (Å²) in [5, 5.41) is 0. The maximum Gasteiger partial charge on any atom is 0.169 e. The van der Waals surface area contributed by atoms with Crippen molar-refractivity contribution in [2.45, 2.75) is 18.6 Å². The second-order valence-electron chi connectivity index (χ2n) is 4.07.